The Labute approximate surface area is 146 Å². The molecular weight excluding hydrogens is 302 g/mol. The van der Waals surface area contributed by atoms with Crippen LogP contribution in [0.4, 0.5) is 0 Å². The summed E-state index contributed by atoms with van der Waals surface area (Å²) in [6.45, 7) is 4.20. The largest absolute Gasteiger partial charge is 0.491 e. The van der Waals surface area contributed by atoms with Gasteiger partial charge in [-0.05, 0) is 44.0 Å². The summed E-state index contributed by atoms with van der Waals surface area (Å²) >= 11 is 0. The van der Waals surface area contributed by atoms with Crippen molar-refractivity contribution in [3.05, 3.63) is 29.8 Å². The third-order valence-corrected chi connectivity index (χ3v) is 4.84. The molecule has 1 saturated carbocycles. The van der Waals surface area contributed by atoms with Crippen molar-refractivity contribution in [3.8, 4) is 5.75 Å². The molecule has 1 aliphatic carbocycles. The van der Waals surface area contributed by atoms with Crippen LogP contribution in [0.5, 0.6) is 5.75 Å². The molecular formula is C20H33NO3. The molecule has 1 fully saturated rings. The minimum absolute atomic E-state index is 0.370. The number of likely N-dealkylation sites (N-methyl/N-ethyl adjacent to an activating group) is 1. The van der Waals surface area contributed by atoms with Gasteiger partial charge in [0.05, 0.1) is 19.3 Å². The number of aliphatic hydroxyl groups excluding tert-OH is 1. The summed E-state index contributed by atoms with van der Waals surface area (Å²) in [6.07, 6.45) is 7.12. The van der Waals surface area contributed by atoms with Crippen molar-refractivity contribution in [3.63, 3.8) is 0 Å². The molecule has 136 valence electrons. The predicted molar refractivity (Wildman–Crippen MR) is 97.6 cm³/mol. The Hall–Kier alpha value is -1.10. The van der Waals surface area contributed by atoms with Crippen molar-refractivity contribution >= 4 is 0 Å². The number of aryl methyl sites for hydroxylation is 1. The summed E-state index contributed by atoms with van der Waals surface area (Å²) in [6, 6.07) is 8.78. The van der Waals surface area contributed by atoms with E-state index in [1.165, 1.54) is 37.7 Å². The smallest absolute Gasteiger partial charge is 0.119 e. The summed E-state index contributed by atoms with van der Waals surface area (Å²) in [5.41, 5.74) is 1.31. The van der Waals surface area contributed by atoms with Gasteiger partial charge in [-0.15, -0.1) is 0 Å². The van der Waals surface area contributed by atoms with Crippen LogP contribution in [0.3, 0.4) is 0 Å². The first-order chi connectivity index (χ1) is 11.7. The number of benzene rings is 1. The highest BCUT2D eigenvalue weighted by atomic mass is 16.5. The second-order valence-corrected chi connectivity index (χ2v) is 6.81. The lowest BCUT2D eigenvalue weighted by molar-refractivity contribution is 0.00326. The van der Waals surface area contributed by atoms with Crippen LogP contribution in [0.15, 0.2) is 24.3 Å². The summed E-state index contributed by atoms with van der Waals surface area (Å²) in [7, 11) is 2.11. The average Bonchev–Trinajstić information content (AvgIpc) is 2.62. The summed E-state index contributed by atoms with van der Waals surface area (Å²) in [5, 5.41) is 10.1. The van der Waals surface area contributed by atoms with Crippen molar-refractivity contribution in [2.75, 3.05) is 33.4 Å². The molecule has 0 saturated heterocycles. The molecule has 0 aliphatic heterocycles. The van der Waals surface area contributed by atoms with Gasteiger partial charge in [-0.1, -0.05) is 38.3 Å². The molecule has 4 heteroatoms. The van der Waals surface area contributed by atoms with Crippen molar-refractivity contribution in [2.45, 2.75) is 57.6 Å². The molecule has 0 bridgehead atoms. The number of ether oxygens (including phenoxy) is 2. The zero-order valence-electron chi connectivity index (χ0n) is 15.2. The van der Waals surface area contributed by atoms with Gasteiger partial charge in [-0.25, -0.2) is 0 Å². The Kier molecular flexibility index (Phi) is 8.57. The van der Waals surface area contributed by atoms with Gasteiger partial charge < -0.3 is 19.5 Å². The van der Waals surface area contributed by atoms with Gasteiger partial charge in [0.25, 0.3) is 0 Å². The maximum Gasteiger partial charge on any atom is 0.119 e. The van der Waals surface area contributed by atoms with Crippen molar-refractivity contribution < 1.29 is 14.6 Å². The molecule has 1 N–H and O–H groups in total. The Morgan fingerprint density at radius 3 is 2.50 bits per heavy atom. The van der Waals surface area contributed by atoms with Gasteiger partial charge in [0.1, 0.15) is 12.4 Å². The molecule has 0 spiro atoms. The Bertz CT molecular complexity index is 443. The second-order valence-electron chi connectivity index (χ2n) is 6.81. The molecule has 4 nitrogen and oxygen atoms in total. The maximum absolute atomic E-state index is 10.1. The molecule has 0 heterocycles. The third kappa shape index (κ3) is 6.80. The van der Waals surface area contributed by atoms with Gasteiger partial charge >= 0.3 is 0 Å². The van der Waals surface area contributed by atoms with E-state index in [4.69, 9.17) is 9.47 Å². The molecule has 2 rings (SSSR count). The molecule has 1 atom stereocenters. The number of nitrogens with zero attached hydrogens (tertiary/aromatic N) is 1. The van der Waals surface area contributed by atoms with Crippen LogP contribution < -0.4 is 4.74 Å². The maximum atomic E-state index is 10.1. The second kappa shape index (κ2) is 10.7. The van der Waals surface area contributed by atoms with Gasteiger partial charge in [-0.3, -0.25) is 0 Å². The predicted octanol–water partition coefficient (Wildman–Crippen LogP) is 3.27. The van der Waals surface area contributed by atoms with E-state index in [1.807, 2.05) is 12.1 Å². The Morgan fingerprint density at radius 1 is 1.12 bits per heavy atom. The van der Waals surface area contributed by atoms with Crippen LogP contribution in [0.25, 0.3) is 0 Å². The van der Waals surface area contributed by atoms with E-state index < -0.39 is 6.10 Å². The Morgan fingerprint density at radius 2 is 1.83 bits per heavy atom. The molecule has 0 aromatic heterocycles. The normalized spacial score (nSPS) is 17.2. The van der Waals surface area contributed by atoms with Crippen LogP contribution in [0, 0.1) is 0 Å². The monoisotopic (exact) mass is 335 g/mol. The molecule has 1 aliphatic rings. The van der Waals surface area contributed by atoms with E-state index in [1.54, 1.807) is 0 Å². The molecule has 1 aromatic carbocycles. The molecule has 24 heavy (non-hydrogen) atoms. The van der Waals surface area contributed by atoms with Crippen molar-refractivity contribution in [1.82, 2.24) is 4.90 Å². The van der Waals surface area contributed by atoms with E-state index in [0.717, 1.165) is 12.2 Å². The molecule has 1 aromatic rings. The fourth-order valence-electron chi connectivity index (χ4n) is 3.32. The lowest BCUT2D eigenvalue weighted by Gasteiger charge is -2.32. The van der Waals surface area contributed by atoms with Crippen LogP contribution >= 0.6 is 0 Å². The van der Waals surface area contributed by atoms with Crippen molar-refractivity contribution in [2.24, 2.45) is 0 Å². The number of aliphatic hydroxyl groups is 1. The van der Waals surface area contributed by atoms with Crippen molar-refractivity contribution in [1.29, 1.82) is 0 Å². The van der Waals surface area contributed by atoms with Gasteiger partial charge in [0.2, 0.25) is 0 Å². The number of hydrogen-bond acceptors (Lipinski definition) is 4. The van der Waals surface area contributed by atoms with E-state index >= 15 is 0 Å². The molecule has 0 radical (unpaired) electrons. The standard InChI is InChI=1S/C20H33NO3/c1-3-17-9-11-20(12-10-17)24-14-13-23-16-19(22)15-21(2)18-7-5-4-6-8-18/h9-12,18-19,22H,3-8,13-16H2,1-2H3. The van der Waals surface area contributed by atoms with E-state index in [2.05, 4.69) is 31.0 Å². The first-order valence-corrected chi connectivity index (χ1v) is 9.37. The highest BCUT2D eigenvalue weighted by Crippen LogP contribution is 2.21. The first-order valence-electron chi connectivity index (χ1n) is 9.37. The molecule has 1 unspecified atom stereocenters. The SMILES string of the molecule is CCc1ccc(OCCOCC(O)CN(C)C2CCCCC2)cc1. The average molecular weight is 335 g/mol. The first kappa shape index (κ1) is 19.2. The van der Waals surface area contributed by atoms with E-state index in [0.29, 0.717) is 32.4 Å². The van der Waals surface area contributed by atoms with Gasteiger partial charge in [0, 0.05) is 12.6 Å². The van der Waals surface area contributed by atoms with Crippen LogP contribution in [0.1, 0.15) is 44.6 Å². The fraction of sp³-hybridized carbons (Fsp3) is 0.700. The number of rotatable bonds is 10. The zero-order chi connectivity index (χ0) is 17.2. The quantitative estimate of drug-likeness (QED) is 0.666. The van der Waals surface area contributed by atoms with E-state index in [9.17, 15) is 5.11 Å². The highest BCUT2D eigenvalue weighted by molar-refractivity contribution is 5.27. The minimum Gasteiger partial charge on any atom is -0.491 e. The Balaban J connectivity index is 1.54. The lowest BCUT2D eigenvalue weighted by Crippen LogP contribution is -2.40. The minimum atomic E-state index is -0.430. The fourth-order valence-corrected chi connectivity index (χ4v) is 3.32. The topological polar surface area (TPSA) is 41.9 Å². The number of hydrogen-bond donors (Lipinski definition) is 1. The van der Waals surface area contributed by atoms with Crippen LogP contribution in [-0.2, 0) is 11.2 Å². The van der Waals surface area contributed by atoms with Gasteiger partial charge in [-0.2, -0.15) is 0 Å². The summed E-state index contributed by atoms with van der Waals surface area (Å²) in [5.74, 6) is 0.869. The summed E-state index contributed by atoms with van der Waals surface area (Å²) in [4.78, 5) is 2.29. The zero-order valence-corrected chi connectivity index (χ0v) is 15.2. The van der Waals surface area contributed by atoms with Crippen LogP contribution in [-0.4, -0.2) is 55.6 Å². The van der Waals surface area contributed by atoms with E-state index in [-0.39, 0.29) is 0 Å². The summed E-state index contributed by atoms with van der Waals surface area (Å²) < 4.78 is 11.2. The van der Waals surface area contributed by atoms with Crippen LogP contribution in [0.2, 0.25) is 0 Å². The third-order valence-electron chi connectivity index (χ3n) is 4.84. The molecule has 0 amide bonds. The lowest BCUT2D eigenvalue weighted by atomic mass is 9.94. The highest BCUT2D eigenvalue weighted by Gasteiger charge is 2.19. The van der Waals surface area contributed by atoms with Gasteiger partial charge in [0.15, 0.2) is 0 Å².